The van der Waals surface area contributed by atoms with Gasteiger partial charge in [0, 0.05) is 18.6 Å². The van der Waals surface area contributed by atoms with E-state index in [0.717, 1.165) is 31.7 Å². The molecular weight excluding hydrogens is 186 g/mol. The molecule has 4 heteroatoms. The van der Waals surface area contributed by atoms with Crippen molar-refractivity contribution in [2.75, 3.05) is 13.2 Å². The van der Waals surface area contributed by atoms with Crippen LogP contribution < -0.4 is 0 Å². The standard InChI is InChI=1S/C9H13NO2S/c11-9(8-2-4-13-10-8)5-7-1-3-12-6-7/h2,4,7,9,11H,1,3,5-6H2. The van der Waals surface area contributed by atoms with Crippen LogP contribution in [-0.4, -0.2) is 22.7 Å². The second kappa shape index (κ2) is 4.17. The topological polar surface area (TPSA) is 42.4 Å². The number of hydrogen-bond donors (Lipinski definition) is 1. The number of aliphatic hydroxyl groups excluding tert-OH is 1. The Kier molecular flexibility index (Phi) is 2.93. The Morgan fingerprint density at radius 3 is 3.31 bits per heavy atom. The number of hydrogen-bond acceptors (Lipinski definition) is 4. The first-order chi connectivity index (χ1) is 6.36. The molecule has 0 aromatic carbocycles. The van der Waals surface area contributed by atoms with Gasteiger partial charge in [0.05, 0.1) is 11.8 Å². The Morgan fingerprint density at radius 1 is 1.77 bits per heavy atom. The van der Waals surface area contributed by atoms with E-state index in [4.69, 9.17) is 4.74 Å². The van der Waals surface area contributed by atoms with Gasteiger partial charge in [0.25, 0.3) is 0 Å². The fourth-order valence-electron chi connectivity index (χ4n) is 1.60. The molecule has 13 heavy (non-hydrogen) atoms. The van der Waals surface area contributed by atoms with Crippen molar-refractivity contribution < 1.29 is 9.84 Å². The maximum atomic E-state index is 9.76. The molecule has 2 atom stereocenters. The summed E-state index contributed by atoms with van der Waals surface area (Å²) < 4.78 is 9.36. The molecule has 0 amide bonds. The second-order valence-electron chi connectivity index (χ2n) is 3.41. The normalized spacial score (nSPS) is 24.8. The molecule has 0 radical (unpaired) electrons. The molecule has 0 spiro atoms. The number of rotatable bonds is 3. The zero-order valence-corrected chi connectivity index (χ0v) is 8.17. The molecule has 1 fully saturated rings. The smallest absolute Gasteiger partial charge is 0.0974 e. The molecule has 1 aliphatic rings. The van der Waals surface area contributed by atoms with Crippen LogP contribution in [0.25, 0.3) is 0 Å². The van der Waals surface area contributed by atoms with Gasteiger partial charge in [0.1, 0.15) is 0 Å². The predicted octanol–water partition coefficient (Wildman–Crippen LogP) is 1.60. The summed E-state index contributed by atoms with van der Waals surface area (Å²) in [5, 5.41) is 11.7. The van der Waals surface area contributed by atoms with Gasteiger partial charge in [0.15, 0.2) is 0 Å². The highest BCUT2D eigenvalue weighted by Gasteiger charge is 2.21. The first-order valence-electron chi connectivity index (χ1n) is 4.52. The Labute approximate surface area is 81.5 Å². The third-order valence-corrected chi connectivity index (χ3v) is 2.95. The lowest BCUT2D eigenvalue weighted by molar-refractivity contribution is 0.127. The molecule has 1 saturated heterocycles. The summed E-state index contributed by atoms with van der Waals surface area (Å²) in [6.07, 6.45) is 1.45. The van der Waals surface area contributed by atoms with Gasteiger partial charge in [0.2, 0.25) is 0 Å². The molecule has 1 aromatic rings. The van der Waals surface area contributed by atoms with E-state index in [1.165, 1.54) is 11.5 Å². The third-order valence-electron chi connectivity index (χ3n) is 2.38. The van der Waals surface area contributed by atoms with Gasteiger partial charge in [-0.05, 0) is 36.4 Å². The van der Waals surface area contributed by atoms with Crippen LogP contribution >= 0.6 is 11.5 Å². The van der Waals surface area contributed by atoms with E-state index in [1.54, 1.807) is 0 Å². The molecule has 2 rings (SSSR count). The summed E-state index contributed by atoms with van der Waals surface area (Å²) in [6.45, 7) is 1.63. The minimum Gasteiger partial charge on any atom is -0.387 e. The van der Waals surface area contributed by atoms with Crippen LogP contribution in [0, 0.1) is 5.92 Å². The first-order valence-corrected chi connectivity index (χ1v) is 5.36. The third kappa shape index (κ3) is 2.27. The van der Waals surface area contributed by atoms with Gasteiger partial charge in [-0.1, -0.05) is 0 Å². The van der Waals surface area contributed by atoms with E-state index in [2.05, 4.69) is 4.37 Å². The van der Waals surface area contributed by atoms with E-state index in [-0.39, 0.29) is 0 Å². The van der Waals surface area contributed by atoms with Crippen LogP contribution in [0.1, 0.15) is 24.6 Å². The van der Waals surface area contributed by atoms with Gasteiger partial charge >= 0.3 is 0 Å². The van der Waals surface area contributed by atoms with Crippen LogP contribution in [0.2, 0.25) is 0 Å². The average molecular weight is 199 g/mol. The molecular formula is C9H13NO2S. The van der Waals surface area contributed by atoms with E-state index in [1.807, 2.05) is 11.4 Å². The van der Waals surface area contributed by atoms with Crippen LogP contribution in [0.15, 0.2) is 11.4 Å². The maximum Gasteiger partial charge on any atom is 0.0974 e. The average Bonchev–Trinajstić information content (AvgIpc) is 2.74. The minimum atomic E-state index is -0.405. The minimum absolute atomic E-state index is 0.405. The van der Waals surface area contributed by atoms with Crippen molar-refractivity contribution in [2.45, 2.75) is 18.9 Å². The molecule has 1 aromatic heterocycles. The highest BCUT2D eigenvalue weighted by atomic mass is 32.1. The first kappa shape index (κ1) is 9.12. The van der Waals surface area contributed by atoms with Crippen LogP contribution in [0.5, 0.6) is 0 Å². The lowest BCUT2D eigenvalue weighted by atomic mass is 9.99. The Hall–Kier alpha value is -0.450. The van der Waals surface area contributed by atoms with Crippen molar-refractivity contribution >= 4 is 11.5 Å². The molecule has 0 saturated carbocycles. The quantitative estimate of drug-likeness (QED) is 0.804. The van der Waals surface area contributed by atoms with Gasteiger partial charge in [-0.2, -0.15) is 4.37 Å². The second-order valence-corrected chi connectivity index (χ2v) is 4.07. The monoisotopic (exact) mass is 199 g/mol. The fourth-order valence-corrected chi connectivity index (χ4v) is 2.16. The van der Waals surface area contributed by atoms with E-state index >= 15 is 0 Å². The Bertz CT molecular complexity index is 244. The number of aromatic nitrogens is 1. The highest BCUT2D eigenvalue weighted by Crippen LogP contribution is 2.25. The molecule has 2 heterocycles. The predicted molar refractivity (Wildman–Crippen MR) is 50.6 cm³/mol. The molecule has 3 nitrogen and oxygen atoms in total. The van der Waals surface area contributed by atoms with Crippen LogP contribution in [0.3, 0.4) is 0 Å². The molecule has 2 unspecified atom stereocenters. The van der Waals surface area contributed by atoms with E-state index in [0.29, 0.717) is 5.92 Å². The summed E-state index contributed by atoms with van der Waals surface area (Å²) in [7, 11) is 0. The van der Waals surface area contributed by atoms with Crippen molar-refractivity contribution in [1.82, 2.24) is 4.37 Å². The summed E-state index contributed by atoms with van der Waals surface area (Å²) in [6, 6.07) is 1.88. The summed E-state index contributed by atoms with van der Waals surface area (Å²) in [4.78, 5) is 0. The van der Waals surface area contributed by atoms with Crippen LogP contribution in [0.4, 0.5) is 0 Å². The zero-order valence-electron chi connectivity index (χ0n) is 7.35. The molecule has 1 aliphatic heterocycles. The fraction of sp³-hybridized carbons (Fsp3) is 0.667. The lowest BCUT2D eigenvalue weighted by Gasteiger charge is -2.11. The van der Waals surface area contributed by atoms with E-state index < -0.39 is 6.10 Å². The van der Waals surface area contributed by atoms with Crippen molar-refractivity contribution in [3.8, 4) is 0 Å². The van der Waals surface area contributed by atoms with Crippen molar-refractivity contribution in [3.63, 3.8) is 0 Å². The molecule has 0 aliphatic carbocycles. The highest BCUT2D eigenvalue weighted by molar-refractivity contribution is 7.03. The molecule has 1 N–H and O–H groups in total. The van der Waals surface area contributed by atoms with E-state index in [9.17, 15) is 5.11 Å². The van der Waals surface area contributed by atoms with Crippen molar-refractivity contribution in [1.29, 1.82) is 0 Å². The lowest BCUT2D eigenvalue weighted by Crippen LogP contribution is -2.07. The Balaban J connectivity index is 1.87. The maximum absolute atomic E-state index is 9.76. The zero-order chi connectivity index (χ0) is 9.10. The number of aliphatic hydroxyl groups is 1. The summed E-state index contributed by atoms with van der Waals surface area (Å²) >= 11 is 1.38. The molecule has 0 bridgehead atoms. The van der Waals surface area contributed by atoms with Gasteiger partial charge in [-0.3, -0.25) is 0 Å². The van der Waals surface area contributed by atoms with Gasteiger partial charge < -0.3 is 9.84 Å². The number of nitrogens with zero attached hydrogens (tertiary/aromatic N) is 1. The SMILES string of the molecule is OC(CC1CCOC1)c1ccsn1. The van der Waals surface area contributed by atoms with Gasteiger partial charge in [-0.15, -0.1) is 0 Å². The van der Waals surface area contributed by atoms with Gasteiger partial charge in [-0.25, -0.2) is 0 Å². The Morgan fingerprint density at radius 2 is 2.69 bits per heavy atom. The van der Waals surface area contributed by atoms with Crippen molar-refractivity contribution in [3.05, 3.63) is 17.1 Å². The summed E-state index contributed by atoms with van der Waals surface area (Å²) in [5.41, 5.74) is 0.803. The summed E-state index contributed by atoms with van der Waals surface area (Å²) in [5.74, 6) is 0.511. The number of ether oxygens (including phenoxy) is 1. The molecule has 72 valence electrons. The van der Waals surface area contributed by atoms with Crippen molar-refractivity contribution in [2.24, 2.45) is 5.92 Å². The van der Waals surface area contributed by atoms with Crippen LogP contribution in [-0.2, 0) is 4.74 Å². The largest absolute Gasteiger partial charge is 0.387 e.